The van der Waals surface area contributed by atoms with Gasteiger partial charge in [0.1, 0.15) is 5.75 Å². The number of para-hydroxylation sites is 1. The second-order valence-electron chi connectivity index (χ2n) is 3.35. The summed E-state index contributed by atoms with van der Waals surface area (Å²) in [7, 11) is 0. The lowest BCUT2D eigenvalue weighted by molar-refractivity contribution is 0.322. The summed E-state index contributed by atoms with van der Waals surface area (Å²) in [6, 6.07) is 7.85. The molecule has 0 radical (unpaired) electrons. The van der Waals surface area contributed by atoms with E-state index in [-0.39, 0.29) is 6.04 Å². The number of benzene rings is 1. The predicted molar refractivity (Wildman–Crippen MR) is 62.6 cm³/mol. The average Bonchev–Trinajstić information content (AvgIpc) is 2.25. The molecule has 0 aliphatic heterocycles. The summed E-state index contributed by atoms with van der Waals surface area (Å²) in [5.74, 6) is 6.66. The predicted octanol–water partition coefficient (Wildman–Crippen LogP) is 2.50. The number of rotatable bonds is 4. The molecule has 0 aliphatic carbocycles. The smallest absolute Gasteiger partial charge is 0.124 e. The van der Waals surface area contributed by atoms with Crippen molar-refractivity contribution >= 4 is 0 Å². The van der Waals surface area contributed by atoms with E-state index < -0.39 is 0 Å². The van der Waals surface area contributed by atoms with Gasteiger partial charge in [-0.3, -0.25) is 0 Å². The third-order valence-corrected chi connectivity index (χ3v) is 2.07. The molecule has 0 bridgehead atoms. The first-order valence-electron chi connectivity index (χ1n) is 5.12. The molecule has 0 saturated carbocycles. The van der Waals surface area contributed by atoms with Crippen molar-refractivity contribution in [3.05, 3.63) is 29.8 Å². The highest BCUT2D eigenvalue weighted by Gasteiger charge is 2.05. The molecule has 0 saturated heterocycles. The Morgan fingerprint density at radius 3 is 2.80 bits per heavy atom. The number of hydrogen-bond acceptors (Lipinski definition) is 2. The van der Waals surface area contributed by atoms with Crippen LogP contribution in [0.2, 0.25) is 0 Å². The van der Waals surface area contributed by atoms with Gasteiger partial charge in [0.15, 0.2) is 0 Å². The van der Waals surface area contributed by atoms with Crippen LogP contribution in [0.4, 0.5) is 0 Å². The Bertz CT molecular complexity index is 360. The molecule has 0 spiro atoms. The van der Waals surface area contributed by atoms with Gasteiger partial charge in [0.05, 0.1) is 6.61 Å². The lowest BCUT2D eigenvalue weighted by atomic mass is 10.1. The molecule has 0 unspecified atom stereocenters. The summed E-state index contributed by atoms with van der Waals surface area (Å²) in [6.07, 6.45) is 0.754. The van der Waals surface area contributed by atoms with Gasteiger partial charge < -0.3 is 10.5 Å². The molecule has 1 aromatic carbocycles. The lowest BCUT2D eigenvalue weighted by Gasteiger charge is -2.12. The standard InChI is InChI=1S/C13H17NO/c1-3-4-7-10-15-13-9-6-5-8-12(13)11(2)14/h5-6,8-9,11H,7,10,14H2,1-2H3/t11-/m1/s1. The molecule has 0 heterocycles. The zero-order valence-electron chi connectivity index (χ0n) is 9.29. The Hall–Kier alpha value is -1.46. The zero-order chi connectivity index (χ0) is 11.1. The Morgan fingerprint density at radius 1 is 1.40 bits per heavy atom. The maximum Gasteiger partial charge on any atom is 0.124 e. The van der Waals surface area contributed by atoms with Crippen LogP contribution in [-0.2, 0) is 0 Å². The molecule has 0 aliphatic rings. The summed E-state index contributed by atoms with van der Waals surface area (Å²) in [4.78, 5) is 0. The van der Waals surface area contributed by atoms with E-state index in [9.17, 15) is 0 Å². The largest absolute Gasteiger partial charge is 0.492 e. The number of ether oxygens (including phenoxy) is 1. The van der Waals surface area contributed by atoms with E-state index in [1.807, 2.05) is 38.1 Å². The van der Waals surface area contributed by atoms with Crippen LogP contribution in [0, 0.1) is 11.8 Å². The number of nitrogens with two attached hydrogens (primary N) is 1. The highest BCUT2D eigenvalue weighted by atomic mass is 16.5. The monoisotopic (exact) mass is 203 g/mol. The van der Waals surface area contributed by atoms with Crippen LogP contribution in [-0.4, -0.2) is 6.61 Å². The molecule has 2 nitrogen and oxygen atoms in total. The van der Waals surface area contributed by atoms with Gasteiger partial charge in [0.2, 0.25) is 0 Å². The van der Waals surface area contributed by atoms with Gasteiger partial charge in [-0.2, -0.15) is 0 Å². The van der Waals surface area contributed by atoms with Gasteiger partial charge in [0, 0.05) is 18.0 Å². The molecular weight excluding hydrogens is 186 g/mol. The van der Waals surface area contributed by atoms with E-state index in [1.165, 1.54) is 0 Å². The molecule has 0 fully saturated rings. The third-order valence-electron chi connectivity index (χ3n) is 2.07. The van der Waals surface area contributed by atoms with Crippen molar-refractivity contribution < 1.29 is 4.74 Å². The van der Waals surface area contributed by atoms with E-state index in [0.29, 0.717) is 6.61 Å². The van der Waals surface area contributed by atoms with Crippen molar-refractivity contribution in [2.45, 2.75) is 26.3 Å². The van der Waals surface area contributed by atoms with Crippen molar-refractivity contribution in [3.8, 4) is 17.6 Å². The Balaban J connectivity index is 2.62. The molecule has 2 N–H and O–H groups in total. The van der Waals surface area contributed by atoms with E-state index in [2.05, 4.69) is 11.8 Å². The molecule has 0 amide bonds. The SMILES string of the molecule is CC#CCCOc1ccccc1[C@@H](C)N. The van der Waals surface area contributed by atoms with Crippen LogP contribution in [0.25, 0.3) is 0 Å². The number of hydrogen-bond donors (Lipinski definition) is 1. The fourth-order valence-electron chi connectivity index (χ4n) is 1.33. The van der Waals surface area contributed by atoms with Gasteiger partial charge >= 0.3 is 0 Å². The highest BCUT2D eigenvalue weighted by Crippen LogP contribution is 2.23. The molecule has 1 aromatic rings. The first-order valence-corrected chi connectivity index (χ1v) is 5.12. The summed E-state index contributed by atoms with van der Waals surface area (Å²) in [6.45, 7) is 4.40. The summed E-state index contributed by atoms with van der Waals surface area (Å²) in [5.41, 5.74) is 6.88. The van der Waals surface area contributed by atoms with Crippen molar-refractivity contribution in [1.29, 1.82) is 0 Å². The van der Waals surface area contributed by atoms with E-state index >= 15 is 0 Å². The molecule has 1 atom stereocenters. The van der Waals surface area contributed by atoms with Crippen molar-refractivity contribution in [2.75, 3.05) is 6.61 Å². The minimum Gasteiger partial charge on any atom is -0.492 e. The van der Waals surface area contributed by atoms with Gasteiger partial charge in [-0.15, -0.1) is 11.8 Å². The van der Waals surface area contributed by atoms with Crippen LogP contribution in [0.1, 0.15) is 31.9 Å². The Kier molecular flexibility index (Phi) is 4.73. The third kappa shape index (κ3) is 3.65. The fourth-order valence-corrected chi connectivity index (χ4v) is 1.33. The maximum atomic E-state index is 5.84. The van der Waals surface area contributed by atoms with Crippen molar-refractivity contribution in [3.63, 3.8) is 0 Å². The average molecular weight is 203 g/mol. The molecular formula is C13H17NO. The highest BCUT2D eigenvalue weighted by molar-refractivity contribution is 5.35. The molecule has 1 rings (SSSR count). The van der Waals surface area contributed by atoms with E-state index in [0.717, 1.165) is 17.7 Å². The Labute approximate surface area is 91.4 Å². The van der Waals surface area contributed by atoms with Gasteiger partial charge in [-0.25, -0.2) is 0 Å². The summed E-state index contributed by atoms with van der Waals surface area (Å²) in [5, 5.41) is 0. The van der Waals surface area contributed by atoms with Crippen molar-refractivity contribution in [2.24, 2.45) is 5.73 Å². The van der Waals surface area contributed by atoms with Gasteiger partial charge in [-0.1, -0.05) is 18.2 Å². The second kappa shape index (κ2) is 6.10. The van der Waals surface area contributed by atoms with Crippen LogP contribution in [0.5, 0.6) is 5.75 Å². The summed E-state index contributed by atoms with van der Waals surface area (Å²) < 4.78 is 5.62. The van der Waals surface area contributed by atoms with Crippen LogP contribution in [0.15, 0.2) is 24.3 Å². The zero-order valence-corrected chi connectivity index (χ0v) is 9.29. The summed E-state index contributed by atoms with van der Waals surface area (Å²) >= 11 is 0. The second-order valence-corrected chi connectivity index (χ2v) is 3.35. The molecule has 2 heteroatoms. The van der Waals surface area contributed by atoms with Crippen LogP contribution < -0.4 is 10.5 Å². The lowest BCUT2D eigenvalue weighted by Crippen LogP contribution is -2.08. The normalized spacial score (nSPS) is 11.4. The quantitative estimate of drug-likeness (QED) is 0.602. The Morgan fingerprint density at radius 2 is 2.13 bits per heavy atom. The van der Waals surface area contributed by atoms with E-state index in [4.69, 9.17) is 10.5 Å². The molecule has 0 aromatic heterocycles. The van der Waals surface area contributed by atoms with Gasteiger partial charge in [0.25, 0.3) is 0 Å². The van der Waals surface area contributed by atoms with E-state index in [1.54, 1.807) is 0 Å². The van der Waals surface area contributed by atoms with Crippen LogP contribution in [0.3, 0.4) is 0 Å². The maximum absolute atomic E-state index is 5.84. The first-order chi connectivity index (χ1) is 7.25. The minimum atomic E-state index is -0.00143. The van der Waals surface area contributed by atoms with Crippen molar-refractivity contribution in [1.82, 2.24) is 0 Å². The topological polar surface area (TPSA) is 35.2 Å². The minimum absolute atomic E-state index is 0.00143. The van der Waals surface area contributed by atoms with Crippen LogP contribution >= 0.6 is 0 Å². The molecule has 15 heavy (non-hydrogen) atoms. The fraction of sp³-hybridized carbons (Fsp3) is 0.385. The van der Waals surface area contributed by atoms with Gasteiger partial charge in [-0.05, 0) is 19.9 Å². The molecule has 80 valence electrons. The first kappa shape index (κ1) is 11.6.